The van der Waals surface area contributed by atoms with E-state index < -0.39 is 5.97 Å². The summed E-state index contributed by atoms with van der Waals surface area (Å²) in [7, 11) is 4.90. The van der Waals surface area contributed by atoms with Crippen LogP contribution >= 0.6 is 11.8 Å². The standard InChI is InChI=1S/C14H19NO4S/c1-9(7-13(16)17)10-5-6-12(11(8-10)19-4)20-14(18)15(2)3/h5-6,8-9H,7H2,1-4H3,(H,16,17)/t9-/m0/s1. The summed E-state index contributed by atoms with van der Waals surface area (Å²) in [5.41, 5.74) is 0.880. The Morgan fingerprint density at radius 3 is 2.55 bits per heavy atom. The minimum absolute atomic E-state index is 0.0618. The third-order valence-corrected chi connectivity index (χ3v) is 3.90. The number of rotatable bonds is 5. The molecular weight excluding hydrogens is 278 g/mol. The van der Waals surface area contributed by atoms with Crippen molar-refractivity contribution in [2.45, 2.75) is 24.2 Å². The van der Waals surface area contributed by atoms with Crippen molar-refractivity contribution in [1.82, 2.24) is 4.90 Å². The highest BCUT2D eigenvalue weighted by molar-refractivity contribution is 8.13. The fourth-order valence-electron chi connectivity index (χ4n) is 1.64. The Morgan fingerprint density at radius 1 is 1.40 bits per heavy atom. The van der Waals surface area contributed by atoms with Crippen LogP contribution in [0.3, 0.4) is 0 Å². The second kappa shape index (κ2) is 7.19. The molecule has 0 heterocycles. The van der Waals surface area contributed by atoms with Crippen LogP contribution in [0.15, 0.2) is 23.1 Å². The molecule has 0 saturated carbocycles. The first-order valence-electron chi connectivity index (χ1n) is 6.14. The van der Waals surface area contributed by atoms with Gasteiger partial charge in [-0.05, 0) is 35.4 Å². The molecule has 0 radical (unpaired) electrons. The fourth-order valence-corrected chi connectivity index (χ4v) is 2.39. The van der Waals surface area contributed by atoms with Gasteiger partial charge in [-0.3, -0.25) is 9.59 Å². The van der Waals surface area contributed by atoms with Crippen molar-refractivity contribution in [3.05, 3.63) is 23.8 Å². The van der Waals surface area contributed by atoms with Crippen LogP contribution in [0, 0.1) is 0 Å². The van der Waals surface area contributed by atoms with E-state index in [-0.39, 0.29) is 17.6 Å². The number of hydrogen-bond acceptors (Lipinski definition) is 4. The molecule has 0 spiro atoms. The molecule has 110 valence electrons. The molecule has 20 heavy (non-hydrogen) atoms. The van der Waals surface area contributed by atoms with Crippen LogP contribution in [0.5, 0.6) is 5.75 Å². The minimum atomic E-state index is -0.835. The van der Waals surface area contributed by atoms with Gasteiger partial charge in [-0.15, -0.1) is 0 Å². The predicted octanol–water partition coefficient (Wildman–Crippen LogP) is 3.05. The Labute approximate surface area is 122 Å². The summed E-state index contributed by atoms with van der Waals surface area (Å²) in [6, 6.07) is 5.42. The van der Waals surface area contributed by atoms with Crippen LogP contribution in [0.4, 0.5) is 4.79 Å². The fraction of sp³-hybridized carbons (Fsp3) is 0.429. The number of benzene rings is 1. The molecule has 1 N–H and O–H groups in total. The quantitative estimate of drug-likeness (QED) is 0.846. The molecule has 0 unspecified atom stereocenters. The highest BCUT2D eigenvalue weighted by Gasteiger charge is 2.15. The summed E-state index contributed by atoms with van der Waals surface area (Å²) >= 11 is 1.08. The van der Waals surface area contributed by atoms with E-state index >= 15 is 0 Å². The van der Waals surface area contributed by atoms with Crippen molar-refractivity contribution in [2.24, 2.45) is 0 Å². The number of methoxy groups -OCH3 is 1. The molecule has 0 aliphatic rings. The van der Waals surface area contributed by atoms with E-state index in [1.165, 1.54) is 12.0 Å². The Bertz CT molecular complexity index is 502. The molecule has 1 amide bonds. The molecule has 1 aromatic rings. The van der Waals surface area contributed by atoms with Crippen molar-refractivity contribution >= 4 is 23.0 Å². The number of amides is 1. The lowest BCUT2D eigenvalue weighted by Gasteiger charge is -2.15. The number of hydrogen-bond donors (Lipinski definition) is 1. The zero-order valence-electron chi connectivity index (χ0n) is 12.0. The molecular formula is C14H19NO4S. The molecule has 6 heteroatoms. The highest BCUT2D eigenvalue weighted by Crippen LogP contribution is 2.34. The Hall–Kier alpha value is -1.69. The number of carboxylic acids is 1. The number of nitrogens with zero attached hydrogens (tertiary/aromatic N) is 1. The molecule has 0 aromatic heterocycles. The van der Waals surface area contributed by atoms with Gasteiger partial charge in [-0.2, -0.15) is 0 Å². The van der Waals surface area contributed by atoms with Crippen molar-refractivity contribution in [1.29, 1.82) is 0 Å². The number of carbonyl (C=O) groups excluding carboxylic acids is 1. The first kappa shape index (κ1) is 16.4. The van der Waals surface area contributed by atoms with Crippen LogP contribution < -0.4 is 4.74 Å². The maximum atomic E-state index is 11.7. The third kappa shape index (κ3) is 4.45. The third-order valence-electron chi connectivity index (χ3n) is 2.80. The molecule has 0 aliphatic carbocycles. The van der Waals surface area contributed by atoms with Crippen molar-refractivity contribution in [3.63, 3.8) is 0 Å². The van der Waals surface area contributed by atoms with Gasteiger partial charge in [-0.25, -0.2) is 0 Å². The van der Waals surface area contributed by atoms with Crippen LogP contribution in [0.25, 0.3) is 0 Å². The average Bonchev–Trinajstić information content (AvgIpc) is 2.37. The SMILES string of the molecule is COc1cc([C@@H](C)CC(=O)O)ccc1SC(=O)N(C)C. The summed E-state index contributed by atoms with van der Waals surface area (Å²) < 4.78 is 5.28. The van der Waals surface area contributed by atoms with Gasteiger partial charge in [0, 0.05) is 14.1 Å². The van der Waals surface area contributed by atoms with E-state index in [2.05, 4.69) is 0 Å². The van der Waals surface area contributed by atoms with E-state index in [0.717, 1.165) is 22.2 Å². The summed E-state index contributed by atoms with van der Waals surface area (Å²) in [5, 5.41) is 8.73. The van der Waals surface area contributed by atoms with Crippen LogP contribution in [0.1, 0.15) is 24.8 Å². The molecule has 1 aromatic carbocycles. The van der Waals surface area contributed by atoms with E-state index in [4.69, 9.17) is 9.84 Å². The maximum absolute atomic E-state index is 11.7. The van der Waals surface area contributed by atoms with Gasteiger partial charge < -0.3 is 14.7 Å². The summed E-state index contributed by atoms with van der Waals surface area (Å²) in [5.74, 6) is -0.359. The van der Waals surface area contributed by atoms with Gasteiger partial charge in [0.1, 0.15) is 5.75 Å². The Morgan fingerprint density at radius 2 is 2.05 bits per heavy atom. The minimum Gasteiger partial charge on any atom is -0.496 e. The summed E-state index contributed by atoms with van der Waals surface area (Å²) in [4.78, 5) is 24.7. The lowest BCUT2D eigenvalue weighted by Crippen LogP contribution is -2.16. The van der Waals surface area contributed by atoms with Crippen LogP contribution in [-0.2, 0) is 4.79 Å². The van der Waals surface area contributed by atoms with Crippen molar-refractivity contribution < 1.29 is 19.4 Å². The first-order chi connectivity index (χ1) is 9.35. The molecule has 0 aliphatic heterocycles. The van der Waals surface area contributed by atoms with E-state index in [0.29, 0.717) is 5.75 Å². The molecule has 1 rings (SSSR count). The number of aliphatic carboxylic acids is 1. The van der Waals surface area contributed by atoms with E-state index in [1.54, 1.807) is 26.2 Å². The lowest BCUT2D eigenvalue weighted by molar-refractivity contribution is -0.137. The van der Waals surface area contributed by atoms with Crippen molar-refractivity contribution in [2.75, 3.05) is 21.2 Å². The van der Waals surface area contributed by atoms with Gasteiger partial charge in [0.25, 0.3) is 5.24 Å². The van der Waals surface area contributed by atoms with Gasteiger partial charge in [0.05, 0.1) is 18.4 Å². The number of carboxylic acid groups (broad SMARTS) is 1. The topological polar surface area (TPSA) is 66.8 Å². The lowest BCUT2D eigenvalue weighted by atomic mass is 9.98. The normalized spacial score (nSPS) is 11.8. The van der Waals surface area contributed by atoms with Crippen molar-refractivity contribution in [3.8, 4) is 5.75 Å². The highest BCUT2D eigenvalue weighted by atomic mass is 32.2. The number of carbonyl (C=O) groups is 2. The second-order valence-electron chi connectivity index (χ2n) is 4.67. The average molecular weight is 297 g/mol. The van der Waals surface area contributed by atoms with Crippen LogP contribution in [0.2, 0.25) is 0 Å². The monoisotopic (exact) mass is 297 g/mol. The van der Waals surface area contributed by atoms with Gasteiger partial charge in [0.15, 0.2) is 0 Å². The molecule has 0 bridgehead atoms. The Balaban J connectivity index is 2.95. The summed E-state index contributed by atoms with van der Waals surface area (Å²) in [6.07, 6.45) is 0.0618. The maximum Gasteiger partial charge on any atom is 0.303 e. The molecule has 0 saturated heterocycles. The molecule has 5 nitrogen and oxygen atoms in total. The van der Waals surface area contributed by atoms with E-state index in [9.17, 15) is 9.59 Å². The Kier molecular flexibility index (Phi) is 5.88. The summed E-state index contributed by atoms with van der Waals surface area (Å²) in [6.45, 7) is 1.85. The first-order valence-corrected chi connectivity index (χ1v) is 6.95. The largest absolute Gasteiger partial charge is 0.496 e. The number of thioether (sulfide) groups is 1. The predicted molar refractivity (Wildman–Crippen MR) is 78.6 cm³/mol. The van der Waals surface area contributed by atoms with Gasteiger partial charge in [0.2, 0.25) is 0 Å². The molecule has 0 fully saturated rings. The zero-order chi connectivity index (χ0) is 15.3. The van der Waals surface area contributed by atoms with Gasteiger partial charge >= 0.3 is 5.97 Å². The molecule has 1 atom stereocenters. The van der Waals surface area contributed by atoms with Gasteiger partial charge in [-0.1, -0.05) is 13.0 Å². The zero-order valence-corrected chi connectivity index (χ0v) is 12.9. The van der Waals surface area contributed by atoms with Crippen LogP contribution in [-0.4, -0.2) is 42.4 Å². The smallest absolute Gasteiger partial charge is 0.303 e. The number of ether oxygens (including phenoxy) is 1. The second-order valence-corrected chi connectivity index (χ2v) is 5.66. The van der Waals surface area contributed by atoms with E-state index in [1.807, 2.05) is 13.0 Å².